The first-order valence-corrected chi connectivity index (χ1v) is 10.00. The van der Waals surface area contributed by atoms with Gasteiger partial charge in [0.2, 0.25) is 5.91 Å². The fourth-order valence-electron chi connectivity index (χ4n) is 3.32. The van der Waals surface area contributed by atoms with E-state index in [0.717, 1.165) is 5.70 Å². The Hall–Kier alpha value is -2.59. The van der Waals surface area contributed by atoms with Crippen LogP contribution in [-0.4, -0.2) is 59.2 Å². The standard InChI is InChI=1S/C20H30BN5O4/c1-13(27)26-8-7-23-15(12-26)10-17(22)24-16-9-14(11-25(6)18(16)28)21-29-19(2,3)20(4,5)30-21/h9-11,23H,7-8,12H2,1-6H3,(H2,22,24). The van der Waals surface area contributed by atoms with Gasteiger partial charge < -0.3 is 29.8 Å². The van der Waals surface area contributed by atoms with Gasteiger partial charge in [-0.1, -0.05) is 0 Å². The van der Waals surface area contributed by atoms with Gasteiger partial charge in [-0.15, -0.1) is 0 Å². The number of aliphatic imine (C=N–C) groups is 1. The van der Waals surface area contributed by atoms with Crippen molar-refractivity contribution in [3.05, 3.63) is 34.4 Å². The Kier molecular flexibility index (Phi) is 5.84. The van der Waals surface area contributed by atoms with E-state index >= 15 is 0 Å². The van der Waals surface area contributed by atoms with E-state index in [0.29, 0.717) is 25.1 Å². The lowest BCUT2D eigenvalue weighted by Gasteiger charge is -2.32. The van der Waals surface area contributed by atoms with Crippen molar-refractivity contribution in [3.63, 3.8) is 0 Å². The third-order valence-electron chi connectivity index (χ3n) is 5.82. The lowest BCUT2D eigenvalue weighted by atomic mass is 9.80. The van der Waals surface area contributed by atoms with Crippen molar-refractivity contribution in [2.75, 3.05) is 19.6 Å². The number of hydrogen-bond acceptors (Lipinski definition) is 6. The molecule has 0 aromatic carbocycles. The molecule has 3 rings (SSSR count). The summed E-state index contributed by atoms with van der Waals surface area (Å²) < 4.78 is 13.6. The third-order valence-corrected chi connectivity index (χ3v) is 5.82. The molecule has 0 unspecified atom stereocenters. The summed E-state index contributed by atoms with van der Waals surface area (Å²) in [5.41, 5.74) is 6.48. The summed E-state index contributed by atoms with van der Waals surface area (Å²) in [7, 11) is 1.04. The van der Waals surface area contributed by atoms with Crippen LogP contribution in [0, 0.1) is 0 Å². The minimum absolute atomic E-state index is 0.00175. The molecule has 10 heteroatoms. The van der Waals surface area contributed by atoms with Crippen LogP contribution in [0.5, 0.6) is 0 Å². The van der Waals surface area contributed by atoms with E-state index < -0.39 is 18.3 Å². The van der Waals surface area contributed by atoms with E-state index in [1.54, 1.807) is 30.3 Å². The van der Waals surface area contributed by atoms with Gasteiger partial charge in [-0.2, -0.15) is 0 Å². The second-order valence-electron chi connectivity index (χ2n) is 8.74. The number of nitrogens with two attached hydrogens (primary N) is 1. The van der Waals surface area contributed by atoms with Crippen molar-refractivity contribution in [1.29, 1.82) is 0 Å². The molecule has 2 aliphatic rings. The SMILES string of the molecule is CC(=O)N1CCNC(=CC(N)=Nc2cc(B3OC(C)(C)C(C)(C)O3)cn(C)c2=O)C1. The predicted octanol–water partition coefficient (Wildman–Crippen LogP) is 0.00880. The maximum absolute atomic E-state index is 12.6. The Bertz CT molecular complexity index is 950. The fourth-order valence-corrected chi connectivity index (χ4v) is 3.32. The summed E-state index contributed by atoms with van der Waals surface area (Å²) in [5, 5.41) is 3.20. The Morgan fingerprint density at radius 1 is 1.30 bits per heavy atom. The number of nitrogens with zero attached hydrogens (tertiary/aromatic N) is 3. The summed E-state index contributed by atoms with van der Waals surface area (Å²) in [4.78, 5) is 30.2. The highest BCUT2D eigenvalue weighted by molar-refractivity contribution is 6.62. The Labute approximate surface area is 177 Å². The highest BCUT2D eigenvalue weighted by Gasteiger charge is 2.51. The maximum Gasteiger partial charge on any atom is 0.496 e. The molecular weight excluding hydrogens is 385 g/mol. The maximum atomic E-state index is 12.6. The zero-order valence-electron chi connectivity index (χ0n) is 18.5. The Morgan fingerprint density at radius 3 is 2.53 bits per heavy atom. The quantitative estimate of drug-likeness (QED) is 0.409. The molecule has 0 bridgehead atoms. The molecule has 2 aliphatic heterocycles. The minimum Gasteiger partial charge on any atom is -0.399 e. The van der Waals surface area contributed by atoms with Crippen molar-refractivity contribution >= 4 is 30.0 Å². The molecule has 30 heavy (non-hydrogen) atoms. The molecule has 9 nitrogen and oxygen atoms in total. The molecule has 3 heterocycles. The first-order chi connectivity index (χ1) is 13.9. The first kappa shape index (κ1) is 22.1. The fraction of sp³-hybridized carbons (Fsp3) is 0.550. The predicted molar refractivity (Wildman–Crippen MR) is 117 cm³/mol. The van der Waals surface area contributed by atoms with E-state index in [1.165, 1.54) is 11.5 Å². The lowest BCUT2D eigenvalue weighted by molar-refractivity contribution is -0.128. The van der Waals surface area contributed by atoms with E-state index in [9.17, 15) is 9.59 Å². The Balaban J connectivity index is 1.88. The number of carbonyl (C=O) groups excluding carboxylic acids is 1. The Morgan fingerprint density at radius 2 is 1.93 bits per heavy atom. The summed E-state index contributed by atoms with van der Waals surface area (Å²) >= 11 is 0. The zero-order valence-corrected chi connectivity index (χ0v) is 18.5. The molecule has 0 spiro atoms. The van der Waals surface area contributed by atoms with Gasteiger partial charge in [0.15, 0.2) is 0 Å². The number of rotatable bonds is 3. The van der Waals surface area contributed by atoms with Gasteiger partial charge >= 0.3 is 7.12 Å². The van der Waals surface area contributed by atoms with Gasteiger partial charge in [-0.25, -0.2) is 4.99 Å². The van der Waals surface area contributed by atoms with Gasteiger partial charge in [0, 0.05) is 50.5 Å². The van der Waals surface area contributed by atoms with Crippen LogP contribution in [0.1, 0.15) is 34.6 Å². The summed E-state index contributed by atoms with van der Waals surface area (Å²) in [6.45, 7) is 11.1. The normalized spacial score (nSPS) is 22.3. The van der Waals surface area contributed by atoms with Crippen LogP contribution in [0.4, 0.5) is 5.69 Å². The van der Waals surface area contributed by atoms with Crippen molar-refractivity contribution in [2.45, 2.75) is 45.8 Å². The van der Waals surface area contributed by atoms with Gasteiger partial charge in [-0.3, -0.25) is 9.59 Å². The van der Waals surface area contributed by atoms with Crippen LogP contribution in [0.25, 0.3) is 0 Å². The van der Waals surface area contributed by atoms with Gasteiger partial charge in [0.05, 0.1) is 17.7 Å². The largest absolute Gasteiger partial charge is 0.496 e. The van der Waals surface area contributed by atoms with Gasteiger partial charge in [-0.05, 0) is 33.8 Å². The second kappa shape index (κ2) is 7.92. The second-order valence-corrected chi connectivity index (χ2v) is 8.74. The zero-order chi connectivity index (χ0) is 22.3. The van der Waals surface area contributed by atoms with Gasteiger partial charge in [0.25, 0.3) is 5.56 Å². The number of amides is 1. The van der Waals surface area contributed by atoms with Crippen LogP contribution < -0.4 is 22.1 Å². The van der Waals surface area contributed by atoms with Gasteiger partial charge in [0.1, 0.15) is 11.5 Å². The molecular formula is C20H30BN5O4. The number of carbonyl (C=O) groups is 1. The molecule has 0 radical (unpaired) electrons. The van der Waals surface area contributed by atoms with E-state index in [4.69, 9.17) is 15.0 Å². The average molecular weight is 415 g/mol. The molecule has 2 saturated heterocycles. The third kappa shape index (κ3) is 4.44. The van der Waals surface area contributed by atoms with Crippen LogP contribution in [0.3, 0.4) is 0 Å². The van der Waals surface area contributed by atoms with Crippen LogP contribution in [0.2, 0.25) is 0 Å². The van der Waals surface area contributed by atoms with Crippen molar-refractivity contribution in [2.24, 2.45) is 17.8 Å². The molecule has 162 valence electrons. The van der Waals surface area contributed by atoms with E-state index in [2.05, 4.69) is 10.3 Å². The molecule has 2 fully saturated rings. The van der Waals surface area contributed by atoms with Crippen LogP contribution >= 0.6 is 0 Å². The monoisotopic (exact) mass is 415 g/mol. The molecule has 0 saturated carbocycles. The molecule has 1 aromatic heterocycles. The van der Waals surface area contributed by atoms with Crippen LogP contribution in [0.15, 0.2) is 33.8 Å². The van der Waals surface area contributed by atoms with Crippen molar-refractivity contribution < 1.29 is 14.1 Å². The van der Waals surface area contributed by atoms with Crippen LogP contribution in [-0.2, 0) is 21.2 Å². The number of amidine groups is 1. The summed E-state index contributed by atoms with van der Waals surface area (Å²) in [5.74, 6) is 0.174. The van der Waals surface area contributed by atoms with Crippen molar-refractivity contribution in [1.82, 2.24) is 14.8 Å². The number of nitrogens with one attached hydrogen (secondary N) is 1. The van der Waals surface area contributed by atoms with Crippen molar-refractivity contribution in [3.8, 4) is 0 Å². The molecule has 1 amide bonds. The number of aromatic nitrogens is 1. The number of pyridine rings is 1. The summed E-state index contributed by atoms with van der Waals surface area (Å²) in [6.07, 6.45) is 3.33. The number of aryl methyl sites for hydroxylation is 1. The molecule has 0 atom stereocenters. The molecule has 0 aliphatic carbocycles. The number of hydrogen-bond donors (Lipinski definition) is 2. The number of piperazine rings is 1. The highest BCUT2D eigenvalue weighted by atomic mass is 16.7. The highest BCUT2D eigenvalue weighted by Crippen LogP contribution is 2.36. The molecule has 1 aromatic rings. The smallest absolute Gasteiger partial charge is 0.399 e. The topological polar surface area (TPSA) is 111 Å². The first-order valence-electron chi connectivity index (χ1n) is 10.00. The average Bonchev–Trinajstić information content (AvgIpc) is 2.86. The van der Waals surface area contributed by atoms with E-state index in [1.807, 2.05) is 27.7 Å². The summed E-state index contributed by atoms with van der Waals surface area (Å²) in [6, 6.07) is 1.64. The molecule has 3 N–H and O–H groups in total. The van der Waals surface area contributed by atoms with E-state index in [-0.39, 0.29) is 23.0 Å². The lowest BCUT2D eigenvalue weighted by Crippen LogP contribution is -2.44. The minimum atomic E-state index is -0.612.